The number of anilines is 1. The molecule has 0 atom stereocenters. The fraction of sp³-hybridized carbons (Fsp3) is 0.462. The standard InChI is InChI=1S/C13H20N2O4S/c1-11(2)19-8-9-20(17,18)14-10-13(16)15-12-6-4-3-5-7-12/h3-7,11,14H,8-10H2,1-2H3,(H,15,16). The van der Waals surface area contributed by atoms with E-state index in [0.29, 0.717) is 5.69 Å². The molecule has 0 fully saturated rings. The first kappa shape index (κ1) is 16.6. The molecule has 7 heteroatoms. The predicted octanol–water partition coefficient (Wildman–Crippen LogP) is 0.969. The molecule has 1 aromatic carbocycles. The first-order valence-electron chi connectivity index (χ1n) is 6.33. The zero-order chi connectivity index (χ0) is 15.0. The van der Waals surface area contributed by atoms with E-state index < -0.39 is 15.9 Å². The Balaban J connectivity index is 2.32. The van der Waals surface area contributed by atoms with Crippen LogP contribution >= 0.6 is 0 Å². The van der Waals surface area contributed by atoms with Gasteiger partial charge in [0.1, 0.15) is 0 Å². The highest BCUT2D eigenvalue weighted by molar-refractivity contribution is 7.89. The smallest absolute Gasteiger partial charge is 0.239 e. The van der Waals surface area contributed by atoms with Gasteiger partial charge in [-0.3, -0.25) is 4.79 Å². The Hall–Kier alpha value is -1.44. The first-order chi connectivity index (χ1) is 9.39. The maximum Gasteiger partial charge on any atom is 0.239 e. The van der Waals surface area contributed by atoms with E-state index in [1.54, 1.807) is 24.3 Å². The molecule has 0 unspecified atom stereocenters. The van der Waals surface area contributed by atoms with Gasteiger partial charge < -0.3 is 10.1 Å². The average molecular weight is 300 g/mol. The van der Waals surface area contributed by atoms with Gasteiger partial charge in [0.05, 0.1) is 25.0 Å². The van der Waals surface area contributed by atoms with E-state index in [-0.39, 0.29) is 25.0 Å². The normalized spacial score (nSPS) is 11.6. The minimum atomic E-state index is -3.50. The van der Waals surface area contributed by atoms with Gasteiger partial charge in [0.25, 0.3) is 0 Å². The number of amides is 1. The molecule has 0 aliphatic rings. The van der Waals surface area contributed by atoms with Gasteiger partial charge >= 0.3 is 0 Å². The summed E-state index contributed by atoms with van der Waals surface area (Å²) in [5.74, 6) is -0.575. The number of para-hydroxylation sites is 1. The van der Waals surface area contributed by atoms with Crippen LogP contribution in [0.5, 0.6) is 0 Å². The van der Waals surface area contributed by atoms with Crippen LogP contribution in [0.4, 0.5) is 5.69 Å². The summed E-state index contributed by atoms with van der Waals surface area (Å²) in [6.07, 6.45) is -0.0217. The van der Waals surface area contributed by atoms with Crippen LogP contribution < -0.4 is 10.0 Å². The third kappa shape index (κ3) is 7.22. The second kappa shape index (κ2) is 7.98. The monoisotopic (exact) mass is 300 g/mol. The van der Waals surface area contributed by atoms with Crippen molar-refractivity contribution < 1.29 is 17.9 Å². The minimum absolute atomic E-state index is 0.0217. The van der Waals surface area contributed by atoms with Crippen LogP contribution in [0.2, 0.25) is 0 Å². The van der Waals surface area contributed by atoms with Gasteiger partial charge in [-0.15, -0.1) is 0 Å². The quantitative estimate of drug-likeness (QED) is 0.749. The van der Waals surface area contributed by atoms with Crippen molar-refractivity contribution in [1.82, 2.24) is 4.72 Å². The molecule has 20 heavy (non-hydrogen) atoms. The molecule has 1 aromatic rings. The van der Waals surface area contributed by atoms with Gasteiger partial charge in [0.15, 0.2) is 0 Å². The summed E-state index contributed by atoms with van der Waals surface area (Å²) >= 11 is 0. The zero-order valence-corrected chi connectivity index (χ0v) is 12.4. The third-order valence-electron chi connectivity index (χ3n) is 2.31. The SMILES string of the molecule is CC(C)OCCS(=O)(=O)NCC(=O)Nc1ccccc1. The summed E-state index contributed by atoms with van der Waals surface area (Å²) < 4.78 is 30.6. The van der Waals surface area contributed by atoms with E-state index in [2.05, 4.69) is 10.0 Å². The fourth-order valence-corrected chi connectivity index (χ4v) is 2.18. The molecule has 112 valence electrons. The Morgan fingerprint density at radius 2 is 1.90 bits per heavy atom. The lowest BCUT2D eigenvalue weighted by atomic mass is 10.3. The number of hydrogen-bond acceptors (Lipinski definition) is 4. The van der Waals surface area contributed by atoms with Crippen molar-refractivity contribution >= 4 is 21.6 Å². The number of ether oxygens (including phenoxy) is 1. The van der Waals surface area contributed by atoms with Gasteiger partial charge in [-0.1, -0.05) is 18.2 Å². The van der Waals surface area contributed by atoms with Crippen molar-refractivity contribution in [3.05, 3.63) is 30.3 Å². The molecule has 0 aliphatic carbocycles. The molecule has 0 saturated carbocycles. The van der Waals surface area contributed by atoms with Crippen LogP contribution in [0, 0.1) is 0 Å². The number of hydrogen-bond donors (Lipinski definition) is 2. The first-order valence-corrected chi connectivity index (χ1v) is 7.98. The fourth-order valence-electron chi connectivity index (χ4n) is 1.37. The topological polar surface area (TPSA) is 84.5 Å². The van der Waals surface area contributed by atoms with Crippen molar-refractivity contribution in [2.75, 3.05) is 24.2 Å². The summed E-state index contributed by atoms with van der Waals surface area (Å²) in [6.45, 7) is 3.47. The Kier molecular flexibility index (Phi) is 6.63. The molecule has 0 aromatic heterocycles. The summed E-state index contributed by atoms with van der Waals surface area (Å²) in [5, 5.41) is 2.59. The molecule has 0 saturated heterocycles. The van der Waals surface area contributed by atoms with Crippen molar-refractivity contribution in [2.45, 2.75) is 20.0 Å². The second-order valence-corrected chi connectivity index (χ2v) is 6.40. The molecule has 0 bridgehead atoms. The molecule has 0 heterocycles. The Bertz CT molecular complexity index is 514. The molecular formula is C13H20N2O4S. The van der Waals surface area contributed by atoms with E-state index in [0.717, 1.165) is 0 Å². The van der Waals surface area contributed by atoms with Crippen LogP contribution in [0.15, 0.2) is 30.3 Å². The van der Waals surface area contributed by atoms with E-state index in [1.807, 2.05) is 19.9 Å². The van der Waals surface area contributed by atoms with E-state index in [9.17, 15) is 13.2 Å². The number of sulfonamides is 1. The number of benzene rings is 1. The Labute approximate surface area is 119 Å². The van der Waals surface area contributed by atoms with Crippen molar-refractivity contribution in [2.24, 2.45) is 0 Å². The number of carbonyl (C=O) groups excluding carboxylic acids is 1. The highest BCUT2D eigenvalue weighted by atomic mass is 32.2. The molecule has 0 aliphatic heterocycles. The number of nitrogens with one attached hydrogen (secondary N) is 2. The second-order valence-electron chi connectivity index (χ2n) is 4.47. The van der Waals surface area contributed by atoms with Crippen LogP contribution in [-0.2, 0) is 19.6 Å². The van der Waals surface area contributed by atoms with E-state index >= 15 is 0 Å². The lowest BCUT2D eigenvalue weighted by molar-refractivity contribution is -0.115. The molecule has 2 N–H and O–H groups in total. The lowest BCUT2D eigenvalue weighted by Crippen LogP contribution is -2.35. The zero-order valence-electron chi connectivity index (χ0n) is 11.6. The van der Waals surface area contributed by atoms with Crippen LogP contribution in [0.3, 0.4) is 0 Å². The van der Waals surface area contributed by atoms with E-state index in [1.165, 1.54) is 0 Å². The molecule has 0 spiro atoms. The van der Waals surface area contributed by atoms with Crippen LogP contribution in [0.1, 0.15) is 13.8 Å². The maximum absolute atomic E-state index is 11.6. The molecular weight excluding hydrogens is 280 g/mol. The largest absolute Gasteiger partial charge is 0.378 e. The maximum atomic E-state index is 11.6. The van der Waals surface area contributed by atoms with Crippen molar-refractivity contribution in [3.8, 4) is 0 Å². The highest BCUT2D eigenvalue weighted by Crippen LogP contribution is 2.04. The Morgan fingerprint density at radius 1 is 1.25 bits per heavy atom. The molecule has 1 amide bonds. The van der Waals surface area contributed by atoms with Gasteiger partial charge in [0, 0.05) is 5.69 Å². The predicted molar refractivity (Wildman–Crippen MR) is 77.9 cm³/mol. The summed E-state index contributed by atoms with van der Waals surface area (Å²) in [4.78, 5) is 11.6. The van der Waals surface area contributed by atoms with Gasteiger partial charge in [-0.05, 0) is 26.0 Å². The average Bonchev–Trinajstić information content (AvgIpc) is 2.37. The Morgan fingerprint density at radius 3 is 2.50 bits per heavy atom. The lowest BCUT2D eigenvalue weighted by Gasteiger charge is -2.09. The van der Waals surface area contributed by atoms with Gasteiger partial charge in [0.2, 0.25) is 15.9 Å². The number of rotatable bonds is 8. The molecule has 0 radical (unpaired) electrons. The van der Waals surface area contributed by atoms with E-state index in [4.69, 9.17) is 4.74 Å². The van der Waals surface area contributed by atoms with Crippen LogP contribution in [-0.4, -0.2) is 39.3 Å². The summed E-state index contributed by atoms with van der Waals surface area (Å²) in [5.41, 5.74) is 0.625. The van der Waals surface area contributed by atoms with Crippen LogP contribution in [0.25, 0.3) is 0 Å². The summed E-state index contributed by atoms with van der Waals surface area (Å²) in [6, 6.07) is 8.84. The van der Waals surface area contributed by atoms with Crippen molar-refractivity contribution in [1.29, 1.82) is 0 Å². The summed E-state index contributed by atoms with van der Waals surface area (Å²) in [7, 11) is -3.50. The van der Waals surface area contributed by atoms with Crippen molar-refractivity contribution in [3.63, 3.8) is 0 Å². The number of carbonyl (C=O) groups is 1. The third-order valence-corrected chi connectivity index (χ3v) is 3.60. The highest BCUT2D eigenvalue weighted by Gasteiger charge is 2.12. The molecule has 6 nitrogen and oxygen atoms in total. The minimum Gasteiger partial charge on any atom is -0.378 e. The molecule has 1 rings (SSSR count). The van der Waals surface area contributed by atoms with Gasteiger partial charge in [-0.25, -0.2) is 13.1 Å². The van der Waals surface area contributed by atoms with Gasteiger partial charge in [-0.2, -0.15) is 0 Å².